The summed E-state index contributed by atoms with van der Waals surface area (Å²) in [6.45, 7) is 0. The van der Waals surface area contributed by atoms with Crippen molar-refractivity contribution < 1.29 is 30.0 Å². The molecule has 154 valence electrons. The Morgan fingerprint density at radius 2 is 0.867 bits per heavy atom. The Bertz CT molecular complexity index is 923. The highest BCUT2D eigenvalue weighted by atomic mass is 16.4. The fraction of sp³-hybridized carbons (Fsp3) is 0.167. The summed E-state index contributed by atoms with van der Waals surface area (Å²) < 4.78 is 0. The van der Waals surface area contributed by atoms with Crippen molar-refractivity contribution in [3.05, 3.63) is 95.1 Å². The summed E-state index contributed by atoms with van der Waals surface area (Å²) in [7, 11) is 0. The lowest BCUT2D eigenvalue weighted by atomic mass is 9.88. The maximum Gasteiger partial charge on any atom is 0.311 e. The van der Waals surface area contributed by atoms with Crippen LogP contribution in [0.3, 0.4) is 0 Å². The average molecular weight is 406 g/mol. The Morgan fingerprint density at radius 1 is 0.567 bits per heavy atom. The van der Waals surface area contributed by atoms with Crippen molar-refractivity contribution in [3.63, 3.8) is 0 Å². The largest absolute Gasteiger partial charge is 0.508 e. The van der Waals surface area contributed by atoms with E-state index in [1.54, 1.807) is 48.5 Å². The fourth-order valence-corrected chi connectivity index (χ4v) is 3.39. The highest BCUT2D eigenvalue weighted by molar-refractivity contribution is 5.78. The molecule has 0 aliphatic heterocycles. The molecule has 4 N–H and O–H groups in total. The second kappa shape index (κ2) is 9.13. The van der Waals surface area contributed by atoms with Crippen LogP contribution in [-0.2, 0) is 22.4 Å². The van der Waals surface area contributed by atoms with Gasteiger partial charge >= 0.3 is 11.9 Å². The average Bonchev–Trinajstić information content (AvgIpc) is 2.73. The minimum atomic E-state index is -0.977. The van der Waals surface area contributed by atoms with E-state index in [4.69, 9.17) is 0 Å². The number of rotatable bonds is 8. The lowest BCUT2D eigenvalue weighted by molar-refractivity contribution is -0.139. The molecule has 0 aliphatic rings. The van der Waals surface area contributed by atoms with Gasteiger partial charge in [-0.2, -0.15) is 0 Å². The number of hydrogen-bond acceptors (Lipinski definition) is 4. The highest BCUT2D eigenvalue weighted by Gasteiger charge is 2.23. The van der Waals surface area contributed by atoms with Crippen LogP contribution in [0.15, 0.2) is 72.8 Å². The third kappa shape index (κ3) is 5.17. The van der Waals surface area contributed by atoms with Crippen molar-refractivity contribution in [2.24, 2.45) is 0 Å². The number of carboxylic acid groups (broad SMARTS) is 2. The summed E-state index contributed by atoms with van der Waals surface area (Å²) >= 11 is 0. The summed E-state index contributed by atoms with van der Waals surface area (Å²) in [6.07, 6.45) is 0.510. The summed E-state index contributed by atoms with van der Waals surface area (Å²) in [5.74, 6) is -3.30. The molecule has 0 aromatic heterocycles. The van der Waals surface area contributed by atoms with Gasteiger partial charge < -0.3 is 20.4 Å². The van der Waals surface area contributed by atoms with Crippen molar-refractivity contribution >= 4 is 11.9 Å². The second-order valence-electron chi connectivity index (χ2n) is 7.19. The SMILES string of the molecule is O=C(O)[C@H](Cc1ccc(O)cc1)c1ccc([C@@H](Cc2ccc(O)cc2)C(=O)O)cc1. The summed E-state index contributed by atoms with van der Waals surface area (Å²) in [4.78, 5) is 23.6. The van der Waals surface area contributed by atoms with Gasteiger partial charge in [-0.05, 0) is 59.4 Å². The van der Waals surface area contributed by atoms with Crippen molar-refractivity contribution in [2.75, 3.05) is 0 Å². The molecule has 6 heteroatoms. The first kappa shape index (κ1) is 20.9. The van der Waals surface area contributed by atoms with Gasteiger partial charge in [0.2, 0.25) is 0 Å². The zero-order valence-corrected chi connectivity index (χ0v) is 16.1. The standard InChI is InChI=1S/C24H22O6/c25-19-9-1-15(2-10-19)13-21(23(27)28)17-5-7-18(8-6-17)22(24(29)30)14-16-3-11-20(26)12-4-16/h1-12,21-22,25-26H,13-14H2,(H,27,28)(H,29,30)/t21-,22-/m1/s1. The quantitative estimate of drug-likeness (QED) is 0.451. The molecule has 0 aliphatic carbocycles. The molecule has 0 radical (unpaired) electrons. The molecule has 2 atom stereocenters. The Hall–Kier alpha value is -3.80. The van der Waals surface area contributed by atoms with E-state index in [-0.39, 0.29) is 24.3 Å². The maximum atomic E-state index is 11.8. The van der Waals surface area contributed by atoms with Gasteiger partial charge in [-0.3, -0.25) is 9.59 Å². The smallest absolute Gasteiger partial charge is 0.311 e. The van der Waals surface area contributed by atoms with E-state index in [2.05, 4.69) is 0 Å². The van der Waals surface area contributed by atoms with E-state index < -0.39 is 23.8 Å². The minimum Gasteiger partial charge on any atom is -0.508 e. The minimum absolute atomic E-state index is 0.114. The van der Waals surface area contributed by atoms with Gasteiger partial charge in [-0.1, -0.05) is 48.5 Å². The highest BCUT2D eigenvalue weighted by Crippen LogP contribution is 2.27. The molecule has 0 saturated heterocycles. The lowest BCUT2D eigenvalue weighted by Gasteiger charge is -2.16. The van der Waals surface area contributed by atoms with Crippen LogP contribution in [0.2, 0.25) is 0 Å². The van der Waals surface area contributed by atoms with E-state index in [1.807, 2.05) is 0 Å². The maximum absolute atomic E-state index is 11.8. The van der Waals surface area contributed by atoms with Crippen LogP contribution in [0.4, 0.5) is 0 Å². The van der Waals surface area contributed by atoms with Crippen molar-refractivity contribution in [1.82, 2.24) is 0 Å². The molecule has 30 heavy (non-hydrogen) atoms. The Kier molecular flexibility index (Phi) is 6.37. The molecule has 0 bridgehead atoms. The topological polar surface area (TPSA) is 115 Å². The molecular weight excluding hydrogens is 384 g/mol. The molecule has 3 aromatic carbocycles. The van der Waals surface area contributed by atoms with Gasteiger partial charge in [0.15, 0.2) is 0 Å². The number of carbonyl (C=O) groups is 2. The molecule has 0 spiro atoms. The normalized spacial score (nSPS) is 12.8. The van der Waals surface area contributed by atoms with E-state index in [0.29, 0.717) is 11.1 Å². The van der Waals surface area contributed by atoms with Gasteiger partial charge in [0, 0.05) is 0 Å². The predicted octanol–water partition coefficient (Wildman–Crippen LogP) is 3.92. The van der Waals surface area contributed by atoms with Gasteiger partial charge in [-0.15, -0.1) is 0 Å². The summed E-state index contributed by atoms with van der Waals surface area (Å²) in [5, 5.41) is 38.1. The predicted molar refractivity (Wildman–Crippen MR) is 111 cm³/mol. The molecule has 3 rings (SSSR count). The zero-order valence-electron chi connectivity index (χ0n) is 16.1. The molecule has 0 amide bonds. The van der Waals surface area contributed by atoms with Gasteiger partial charge in [-0.25, -0.2) is 0 Å². The van der Waals surface area contributed by atoms with Crippen molar-refractivity contribution in [2.45, 2.75) is 24.7 Å². The number of phenols is 2. The first-order valence-corrected chi connectivity index (χ1v) is 9.45. The first-order valence-electron chi connectivity index (χ1n) is 9.45. The van der Waals surface area contributed by atoms with E-state index in [9.17, 15) is 30.0 Å². The van der Waals surface area contributed by atoms with Crippen LogP contribution in [0, 0.1) is 0 Å². The Morgan fingerprint density at radius 3 is 1.13 bits per heavy atom. The number of hydrogen-bond donors (Lipinski definition) is 4. The molecule has 3 aromatic rings. The van der Waals surface area contributed by atoms with Crippen molar-refractivity contribution in [3.8, 4) is 11.5 Å². The number of phenolic OH excluding ortho intramolecular Hbond substituents is 2. The molecule has 0 fully saturated rings. The third-order valence-corrected chi connectivity index (χ3v) is 5.09. The van der Waals surface area contributed by atoms with Gasteiger partial charge in [0.25, 0.3) is 0 Å². The molecule has 0 saturated carbocycles. The molecule has 0 heterocycles. The lowest BCUT2D eigenvalue weighted by Crippen LogP contribution is -2.16. The number of aliphatic carboxylic acids is 2. The van der Waals surface area contributed by atoms with Crippen LogP contribution < -0.4 is 0 Å². The van der Waals surface area contributed by atoms with E-state index in [1.165, 1.54) is 24.3 Å². The molecule has 0 unspecified atom stereocenters. The summed E-state index contributed by atoms with van der Waals surface area (Å²) in [5.41, 5.74) is 2.71. The zero-order chi connectivity index (χ0) is 21.7. The van der Waals surface area contributed by atoms with Crippen molar-refractivity contribution in [1.29, 1.82) is 0 Å². The van der Waals surface area contributed by atoms with Crippen LogP contribution >= 0.6 is 0 Å². The third-order valence-electron chi connectivity index (χ3n) is 5.09. The fourth-order valence-electron chi connectivity index (χ4n) is 3.39. The Labute approximate surface area is 173 Å². The van der Waals surface area contributed by atoms with Gasteiger partial charge in [0.1, 0.15) is 11.5 Å². The molecular formula is C24H22O6. The Balaban J connectivity index is 1.80. The second-order valence-corrected chi connectivity index (χ2v) is 7.19. The van der Waals surface area contributed by atoms with Crippen LogP contribution in [0.5, 0.6) is 11.5 Å². The molecule has 6 nitrogen and oxygen atoms in total. The van der Waals surface area contributed by atoms with Gasteiger partial charge in [0.05, 0.1) is 11.8 Å². The number of benzene rings is 3. The first-order chi connectivity index (χ1) is 14.3. The monoisotopic (exact) mass is 406 g/mol. The van der Waals surface area contributed by atoms with Crippen LogP contribution in [-0.4, -0.2) is 32.4 Å². The van der Waals surface area contributed by atoms with Crippen LogP contribution in [0.1, 0.15) is 34.1 Å². The number of aromatic hydroxyl groups is 2. The van der Waals surface area contributed by atoms with E-state index >= 15 is 0 Å². The summed E-state index contributed by atoms with van der Waals surface area (Å²) in [6, 6.07) is 19.4. The number of carboxylic acids is 2. The van der Waals surface area contributed by atoms with Crippen LogP contribution in [0.25, 0.3) is 0 Å². The van der Waals surface area contributed by atoms with E-state index in [0.717, 1.165) is 11.1 Å².